The average molecular weight is 275 g/mol. The molecular weight excluding hydrogens is 262 g/mol. The van der Waals surface area contributed by atoms with Gasteiger partial charge in [0.25, 0.3) is 5.91 Å². The summed E-state index contributed by atoms with van der Waals surface area (Å²) in [5, 5.41) is 2.52. The molecule has 2 aromatic heterocycles. The fourth-order valence-electron chi connectivity index (χ4n) is 1.39. The molecule has 0 saturated carbocycles. The molecule has 0 atom stereocenters. The first-order valence-corrected chi connectivity index (χ1v) is 5.62. The number of anilines is 2. The molecule has 0 aromatic carbocycles. The Balaban J connectivity index is 2.16. The second kappa shape index (κ2) is 5.89. The number of nitrogens with zero attached hydrogens (tertiary/aromatic N) is 4. The van der Waals surface area contributed by atoms with Crippen molar-refractivity contribution < 1.29 is 9.53 Å². The van der Waals surface area contributed by atoms with E-state index in [1.54, 1.807) is 13.0 Å². The topological polar surface area (TPSA) is 128 Å². The minimum Gasteiger partial charge on any atom is -0.481 e. The standard InChI is InChI=1S/C11H13N7O2/c1-6-3-9(20-2)16-11(15-6)17-10(19)7-4-14-8(18-12)5-13-7/h3-5H,12H2,1-2H3,(H,14,18)(H,15,16,17,19). The first-order chi connectivity index (χ1) is 9.62. The van der Waals surface area contributed by atoms with Crippen LogP contribution in [0.5, 0.6) is 5.88 Å². The lowest BCUT2D eigenvalue weighted by atomic mass is 10.4. The molecule has 0 unspecified atom stereocenters. The third kappa shape index (κ3) is 3.14. The van der Waals surface area contributed by atoms with Crippen LogP contribution in [0.15, 0.2) is 18.5 Å². The van der Waals surface area contributed by atoms with Crippen molar-refractivity contribution in [2.24, 2.45) is 5.84 Å². The molecule has 4 N–H and O–H groups in total. The van der Waals surface area contributed by atoms with E-state index in [4.69, 9.17) is 10.6 Å². The number of amides is 1. The molecule has 2 aromatic rings. The summed E-state index contributed by atoms with van der Waals surface area (Å²) in [7, 11) is 1.48. The van der Waals surface area contributed by atoms with Gasteiger partial charge in [-0.2, -0.15) is 4.98 Å². The summed E-state index contributed by atoms with van der Waals surface area (Å²) in [6, 6.07) is 1.65. The number of aromatic nitrogens is 4. The molecule has 0 radical (unpaired) electrons. The fraction of sp³-hybridized carbons (Fsp3) is 0.182. The van der Waals surface area contributed by atoms with E-state index in [9.17, 15) is 4.79 Å². The van der Waals surface area contributed by atoms with Gasteiger partial charge in [0.1, 0.15) is 5.69 Å². The molecule has 0 saturated heterocycles. The van der Waals surface area contributed by atoms with Crippen molar-refractivity contribution >= 4 is 17.7 Å². The molecule has 20 heavy (non-hydrogen) atoms. The van der Waals surface area contributed by atoms with Gasteiger partial charge >= 0.3 is 0 Å². The predicted molar refractivity (Wildman–Crippen MR) is 71.1 cm³/mol. The molecule has 0 aliphatic rings. The summed E-state index contributed by atoms with van der Waals surface area (Å²) in [6.45, 7) is 1.77. The number of hydrazine groups is 1. The highest BCUT2D eigenvalue weighted by molar-refractivity contribution is 6.01. The van der Waals surface area contributed by atoms with E-state index >= 15 is 0 Å². The van der Waals surface area contributed by atoms with Gasteiger partial charge in [0, 0.05) is 11.8 Å². The van der Waals surface area contributed by atoms with Crippen LogP contribution in [0, 0.1) is 6.92 Å². The number of rotatable bonds is 4. The van der Waals surface area contributed by atoms with Crippen molar-refractivity contribution in [3.8, 4) is 5.88 Å². The van der Waals surface area contributed by atoms with Gasteiger partial charge < -0.3 is 10.2 Å². The smallest absolute Gasteiger partial charge is 0.278 e. The highest BCUT2D eigenvalue weighted by Crippen LogP contribution is 2.11. The lowest BCUT2D eigenvalue weighted by Gasteiger charge is -2.06. The minimum atomic E-state index is -0.478. The number of nitrogens with one attached hydrogen (secondary N) is 2. The molecule has 1 amide bonds. The second-order valence-electron chi connectivity index (χ2n) is 3.76. The SMILES string of the molecule is COc1cc(C)nc(NC(=O)c2cnc(NN)cn2)n1. The van der Waals surface area contributed by atoms with Crippen molar-refractivity contribution in [2.45, 2.75) is 6.92 Å². The highest BCUT2D eigenvalue weighted by atomic mass is 16.5. The minimum absolute atomic E-state index is 0.119. The van der Waals surface area contributed by atoms with Gasteiger partial charge in [0.05, 0.1) is 19.5 Å². The predicted octanol–water partition coefficient (Wildman–Crippen LogP) is 0.122. The van der Waals surface area contributed by atoms with Crippen LogP contribution in [0.3, 0.4) is 0 Å². The Kier molecular flexibility index (Phi) is 4.01. The van der Waals surface area contributed by atoms with E-state index < -0.39 is 5.91 Å². The number of methoxy groups -OCH3 is 1. The van der Waals surface area contributed by atoms with Gasteiger partial charge in [-0.15, -0.1) is 0 Å². The molecule has 2 heterocycles. The third-order valence-corrected chi connectivity index (χ3v) is 2.30. The van der Waals surface area contributed by atoms with E-state index in [0.29, 0.717) is 17.4 Å². The quantitative estimate of drug-likeness (QED) is 0.530. The van der Waals surface area contributed by atoms with E-state index in [2.05, 4.69) is 30.7 Å². The van der Waals surface area contributed by atoms with Gasteiger partial charge in [-0.1, -0.05) is 0 Å². The zero-order valence-electron chi connectivity index (χ0n) is 10.9. The normalized spacial score (nSPS) is 9.95. The fourth-order valence-corrected chi connectivity index (χ4v) is 1.39. The number of aryl methyl sites for hydroxylation is 1. The maximum Gasteiger partial charge on any atom is 0.278 e. The first-order valence-electron chi connectivity index (χ1n) is 5.62. The van der Waals surface area contributed by atoms with Crippen LogP contribution >= 0.6 is 0 Å². The molecule has 0 bridgehead atoms. The monoisotopic (exact) mass is 275 g/mol. The molecule has 0 spiro atoms. The molecule has 9 heteroatoms. The molecule has 0 fully saturated rings. The van der Waals surface area contributed by atoms with Crippen LogP contribution in [0.4, 0.5) is 11.8 Å². The van der Waals surface area contributed by atoms with Crippen molar-refractivity contribution in [2.75, 3.05) is 17.9 Å². The van der Waals surface area contributed by atoms with Gasteiger partial charge in [-0.3, -0.25) is 10.1 Å². The molecule has 2 rings (SSSR count). The number of nitrogens with two attached hydrogens (primary N) is 1. The molecule has 0 aliphatic carbocycles. The van der Waals surface area contributed by atoms with Crippen LogP contribution in [-0.4, -0.2) is 33.0 Å². The van der Waals surface area contributed by atoms with Crippen molar-refractivity contribution in [3.05, 3.63) is 29.8 Å². The Hall–Kier alpha value is -2.81. The lowest BCUT2D eigenvalue weighted by molar-refractivity contribution is 0.102. The lowest BCUT2D eigenvalue weighted by Crippen LogP contribution is -2.17. The number of carbonyl (C=O) groups excluding carboxylic acids is 1. The summed E-state index contributed by atoms with van der Waals surface area (Å²) in [5.41, 5.74) is 3.10. The number of carbonyl (C=O) groups is 1. The summed E-state index contributed by atoms with van der Waals surface area (Å²) in [5.74, 6) is 5.54. The maximum absolute atomic E-state index is 11.9. The van der Waals surface area contributed by atoms with Crippen LogP contribution in [-0.2, 0) is 0 Å². The molecule has 104 valence electrons. The zero-order valence-corrected chi connectivity index (χ0v) is 10.9. The third-order valence-electron chi connectivity index (χ3n) is 2.30. The summed E-state index contributed by atoms with van der Waals surface area (Å²) >= 11 is 0. The van der Waals surface area contributed by atoms with E-state index in [0.717, 1.165) is 0 Å². The Morgan fingerprint density at radius 3 is 2.70 bits per heavy atom. The highest BCUT2D eigenvalue weighted by Gasteiger charge is 2.11. The maximum atomic E-state index is 11.9. The van der Waals surface area contributed by atoms with Gasteiger partial charge in [0.15, 0.2) is 5.82 Å². The Morgan fingerprint density at radius 2 is 2.10 bits per heavy atom. The first kappa shape index (κ1) is 13.6. The number of hydrogen-bond donors (Lipinski definition) is 3. The summed E-state index contributed by atoms with van der Waals surface area (Å²) in [4.78, 5) is 27.8. The van der Waals surface area contributed by atoms with Crippen LogP contribution in [0.1, 0.15) is 16.2 Å². The van der Waals surface area contributed by atoms with Gasteiger partial charge in [0.2, 0.25) is 11.8 Å². The van der Waals surface area contributed by atoms with Crippen LogP contribution in [0.2, 0.25) is 0 Å². The number of nitrogen functional groups attached to an aromatic ring is 1. The van der Waals surface area contributed by atoms with Crippen LogP contribution < -0.4 is 21.3 Å². The van der Waals surface area contributed by atoms with Crippen LogP contribution in [0.25, 0.3) is 0 Å². The van der Waals surface area contributed by atoms with Crippen molar-refractivity contribution in [3.63, 3.8) is 0 Å². The Morgan fingerprint density at radius 1 is 1.30 bits per heavy atom. The van der Waals surface area contributed by atoms with E-state index in [1.165, 1.54) is 19.5 Å². The molecule has 0 aliphatic heterocycles. The Labute approximate surface area is 114 Å². The number of hydrogen-bond acceptors (Lipinski definition) is 8. The average Bonchev–Trinajstić information content (AvgIpc) is 2.46. The van der Waals surface area contributed by atoms with E-state index in [1.807, 2.05) is 0 Å². The summed E-state index contributed by atoms with van der Waals surface area (Å²) < 4.78 is 5.00. The number of ether oxygens (including phenoxy) is 1. The Bertz CT molecular complexity index is 615. The largest absolute Gasteiger partial charge is 0.481 e. The van der Waals surface area contributed by atoms with Gasteiger partial charge in [-0.05, 0) is 6.92 Å². The zero-order chi connectivity index (χ0) is 14.5. The summed E-state index contributed by atoms with van der Waals surface area (Å²) in [6.07, 6.45) is 2.63. The second-order valence-corrected chi connectivity index (χ2v) is 3.76. The van der Waals surface area contributed by atoms with Gasteiger partial charge in [-0.25, -0.2) is 20.8 Å². The van der Waals surface area contributed by atoms with E-state index in [-0.39, 0.29) is 11.6 Å². The molecule has 9 nitrogen and oxygen atoms in total. The van der Waals surface area contributed by atoms with Crippen molar-refractivity contribution in [1.29, 1.82) is 0 Å². The van der Waals surface area contributed by atoms with Crippen molar-refractivity contribution in [1.82, 2.24) is 19.9 Å². The molecular formula is C11H13N7O2.